The van der Waals surface area contributed by atoms with Crippen molar-refractivity contribution in [2.45, 2.75) is 72.3 Å². The zero-order chi connectivity index (χ0) is 32.0. The third-order valence-corrected chi connectivity index (χ3v) is 9.59. The van der Waals surface area contributed by atoms with E-state index in [1.54, 1.807) is 32.4 Å². The summed E-state index contributed by atoms with van der Waals surface area (Å²) in [6.45, 7) is 9.96. The summed E-state index contributed by atoms with van der Waals surface area (Å²) < 4.78 is 17.3. The number of ether oxygens (including phenoxy) is 3. The van der Waals surface area contributed by atoms with Crippen LogP contribution in [0.5, 0.6) is 11.5 Å². The summed E-state index contributed by atoms with van der Waals surface area (Å²) in [7, 11) is 3.24. The van der Waals surface area contributed by atoms with Crippen molar-refractivity contribution in [3.8, 4) is 11.5 Å². The van der Waals surface area contributed by atoms with Gasteiger partial charge in [-0.15, -0.1) is 0 Å². The first kappa shape index (κ1) is 32.9. The second-order valence-electron chi connectivity index (χ2n) is 13.6. The summed E-state index contributed by atoms with van der Waals surface area (Å²) in [5.74, 6) is 0.357. The molecule has 0 saturated carbocycles. The smallest absolute Gasteiger partial charge is 0.180 e. The summed E-state index contributed by atoms with van der Waals surface area (Å²) in [6, 6.07) is 8.87. The Morgan fingerprint density at radius 1 is 0.841 bits per heavy atom. The molecule has 2 aromatic rings. The normalized spacial score (nSPS) is 19.7. The molecular weight excluding hydrogens is 621 g/mol. The predicted octanol–water partition coefficient (Wildman–Crippen LogP) is 8.96. The average Bonchev–Trinajstić information content (AvgIpc) is 2.92. The van der Waals surface area contributed by atoms with Crippen molar-refractivity contribution in [1.82, 2.24) is 4.90 Å². The Kier molecular flexibility index (Phi) is 9.49. The number of hydrogen-bond donors (Lipinski definition) is 0. The van der Waals surface area contributed by atoms with Gasteiger partial charge in [-0.1, -0.05) is 68.6 Å². The molecule has 5 rings (SSSR count). The van der Waals surface area contributed by atoms with Crippen LogP contribution in [0.2, 0.25) is 15.1 Å². The maximum atomic E-state index is 14.1. The van der Waals surface area contributed by atoms with Crippen LogP contribution >= 0.6 is 34.8 Å². The van der Waals surface area contributed by atoms with Gasteiger partial charge in [0.1, 0.15) is 6.61 Å². The summed E-state index contributed by atoms with van der Waals surface area (Å²) in [6.07, 6.45) is 3.06. The van der Waals surface area contributed by atoms with E-state index in [4.69, 9.17) is 49.0 Å². The zero-order valence-corrected chi connectivity index (χ0v) is 28.5. The number of ketones is 2. The number of Topliss-reactive ketones (excluding diaryl/α,β-unsaturated/α-hetero) is 2. The van der Waals surface area contributed by atoms with E-state index in [1.807, 2.05) is 12.1 Å². The molecule has 0 N–H and O–H groups in total. The fraction of sp³-hybridized carbons (Fsp3) is 0.486. The molecule has 0 unspecified atom stereocenters. The molecule has 0 bridgehead atoms. The molecule has 1 heterocycles. The highest BCUT2D eigenvalue weighted by Gasteiger charge is 2.49. The van der Waals surface area contributed by atoms with E-state index in [9.17, 15) is 9.59 Å². The van der Waals surface area contributed by atoms with E-state index in [0.717, 1.165) is 41.8 Å². The monoisotopic (exact) mass is 659 g/mol. The molecule has 0 saturated heterocycles. The van der Waals surface area contributed by atoms with Gasteiger partial charge in [0, 0.05) is 77.2 Å². The lowest BCUT2D eigenvalue weighted by Gasteiger charge is -2.49. The number of methoxy groups -OCH3 is 2. The fourth-order valence-corrected chi connectivity index (χ4v) is 7.59. The second-order valence-corrected chi connectivity index (χ2v) is 14.8. The first-order valence-corrected chi connectivity index (χ1v) is 16.1. The molecule has 0 amide bonds. The topological polar surface area (TPSA) is 65.1 Å². The van der Waals surface area contributed by atoms with E-state index in [-0.39, 0.29) is 29.0 Å². The van der Waals surface area contributed by atoms with Crippen molar-refractivity contribution in [1.29, 1.82) is 0 Å². The number of rotatable bonds is 9. The van der Waals surface area contributed by atoms with E-state index >= 15 is 0 Å². The Bertz CT molecular complexity index is 1500. The molecule has 3 aliphatic rings. The summed E-state index contributed by atoms with van der Waals surface area (Å²) >= 11 is 19.3. The number of carbonyl (C=O) groups is 2. The predicted molar refractivity (Wildman–Crippen MR) is 175 cm³/mol. The summed E-state index contributed by atoms with van der Waals surface area (Å²) in [4.78, 5) is 30.4. The number of allylic oxidation sites excluding steroid dienone is 4. The molecular formula is C35H40Cl3NO5. The van der Waals surface area contributed by atoms with Crippen LogP contribution in [-0.2, 0) is 20.9 Å². The number of benzene rings is 2. The maximum Gasteiger partial charge on any atom is 0.180 e. The van der Waals surface area contributed by atoms with E-state index in [1.165, 1.54) is 0 Å². The highest BCUT2D eigenvalue weighted by Crippen LogP contribution is 2.55. The van der Waals surface area contributed by atoms with Crippen molar-refractivity contribution < 1.29 is 23.8 Å². The van der Waals surface area contributed by atoms with Crippen LogP contribution in [0.1, 0.15) is 76.8 Å². The lowest BCUT2D eigenvalue weighted by molar-refractivity contribution is -0.119. The molecule has 9 heteroatoms. The van der Waals surface area contributed by atoms with E-state index < -0.39 is 5.92 Å². The molecule has 0 spiro atoms. The van der Waals surface area contributed by atoms with Gasteiger partial charge in [0.25, 0.3) is 0 Å². The molecule has 1 aliphatic heterocycles. The van der Waals surface area contributed by atoms with Crippen molar-refractivity contribution in [2.75, 3.05) is 27.4 Å². The SMILES string of the molecule is COCCCN1C2=C(C(=O)CC(C)(C)C2)C(c2cc(Cl)c(OCc3ccc(Cl)cc3Cl)c(OC)c2)C2=C1CC(C)(C)CC2=O. The first-order chi connectivity index (χ1) is 20.7. The van der Waals surface area contributed by atoms with Crippen LogP contribution in [0, 0.1) is 10.8 Å². The Labute approximate surface area is 275 Å². The van der Waals surface area contributed by atoms with Gasteiger partial charge in [-0.2, -0.15) is 0 Å². The fourth-order valence-electron chi connectivity index (χ4n) is 6.85. The molecule has 6 nitrogen and oxygen atoms in total. The van der Waals surface area contributed by atoms with Gasteiger partial charge in [0.05, 0.1) is 12.1 Å². The number of nitrogens with zero attached hydrogens (tertiary/aromatic N) is 1. The lowest BCUT2D eigenvalue weighted by Crippen LogP contribution is -2.44. The third-order valence-electron chi connectivity index (χ3n) is 8.72. The highest BCUT2D eigenvalue weighted by molar-refractivity contribution is 6.35. The average molecular weight is 661 g/mol. The largest absolute Gasteiger partial charge is 0.493 e. The minimum atomic E-state index is -0.544. The minimum absolute atomic E-state index is 0.0648. The quantitative estimate of drug-likeness (QED) is 0.250. The van der Waals surface area contributed by atoms with Gasteiger partial charge in [-0.25, -0.2) is 0 Å². The van der Waals surface area contributed by atoms with Crippen molar-refractivity contribution in [3.05, 3.63) is 79.1 Å². The molecule has 236 valence electrons. The molecule has 0 atom stereocenters. The van der Waals surface area contributed by atoms with Crippen LogP contribution in [0.15, 0.2) is 52.9 Å². The van der Waals surface area contributed by atoms with Gasteiger partial charge in [-0.3, -0.25) is 9.59 Å². The minimum Gasteiger partial charge on any atom is -0.493 e. The molecule has 2 aromatic carbocycles. The first-order valence-electron chi connectivity index (χ1n) is 15.0. The Hall–Kier alpha value is -2.51. The molecule has 2 aliphatic carbocycles. The van der Waals surface area contributed by atoms with Crippen molar-refractivity contribution >= 4 is 46.4 Å². The lowest BCUT2D eigenvalue weighted by atomic mass is 9.63. The standard InChI is InChI=1S/C35H40Cl3NO5/c1-34(2)15-25-31(27(40)17-34)30(32-26(39(25)10-7-11-42-5)16-35(3,4)18-28(32)41)21-12-24(38)33(29(13-21)43-6)44-19-20-8-9-22(36)14-23(20)37/h8-9,12-14,30H,7,10-11,15-19H2,1-6H3. The van der Waals surface area contributed by atoms with Gasteiger partial charge in [-0.05, 0) is 59.9 Å². The van der Waals surface area contributed by atoms with Crippen molar-refractivity contribution in [2.24, 2.45) is 10.8 Å². The van der Waals surface area contributed by atoms with Crippen LogP contribution in [0.3, 0.4) is 0 Å². The Balaban J connectivity index is 1.64. The Morgan fingerprint density at radius 3 is 2.00 bits per heavy atom. The molecule has 0 fully saturated rings. The maximum absolute atomic E-state index is 14.1. The van der Waals surface area contributed by atoms with Gasteiger partial charge >= 0.3 is 0 Å². The highest BCUT2D eigenvalue weighted by atomic mass is 35.5. The van der Waals surface area contributed by atoms with Crippen LogP contribution in [0.25, 0.3) is 0 Å². The van der Waals surface area contributed by atoms with Crippen LogP contribution < -0.4 is 9.47 Å². The number of carbonyl (C=O) groups excluding carboxylic acids is 2. The van der Waals surface area contributed by atoms with Gasteiger partial charge in [0.15, 0.2) is 23.1 Å². The van der Waals surface area contributed by atoms with Crippen molar-refractivity contribution in [3.63, 3.8) is 0 Å². The van der Waals surface area contributed by atoms with Crippen LogP contribution in [0.4, 0.5) is 0 Å². The number of halogens is 3. The van der Waals surface area contributed by atoms with Gasteiger partial charge < -0.3 is 19.1 Å². The summed E-state index contributed by atoms with van der Waals surface area (Å²) in [5.41, 5.74) is 4.45. The molecule has 44 heavy (non-hydrogen) atoms. The molecule has 0 aromatic heterocycles. The zero-order valence-electron chi connectivity index (χ0n) is 26.2. The molecule has 0 radical (unpaired) electrons. The van der Waals surface area contributed by atoms with Crippen LogP contribution in [-0.4, -0.2) is 43.8 Å². The van der Waals surface area contributed by atoms with E-state index in [2.05, 4.69) is 32.6 Å². The van der Waals surface area contributed by atoms with Gasteiger partial charge in [0.2, 0.25) is 0 Å². The second kappa shape index (κ2) is 12.7. The van der Waals surface area contributed by atoms with E-state index in [0.29, 0.717) is 63.7 Å². The number of hydrogen-bond acceptors (Lipinski definition) is 6. The summed E-state index contributed by atoms with van der Waals surface area (Å²) in [5, 5.41) is 1.34. The third kappa shape index (κ3) is 6.55. The Morgan fingerprint density at radius 2 is 1.45 bits per heavy atom.